The fraction of sp³-hybridized carbons (Fsp3) is 0.579. The fourth-order valence-electron chi connectivity index (χ4n) is 3.40. The Hall–Kier alpha value is -2.68. The van der Waals surface area contributed by atoms with Crippen LogP contribution in [0, 0.1) is 13.8 Å². The monoisotopic (exact) mass is 387 g/mol. The molecular weight excluding hydrogens is 358 g/mol. The summed E-state index contributed by atoms with van der Waals surface area (Å²) in [6, 6.07) is 0.326. The molecule has 1 fully saturated rings. The molecule has 3 heterocycles. The van der Waals surface area contributed by atoms with E-state index in [1.165, 1.54) is 4.90 Å². The number of nitrogens with one attached hydrogen (secondary N) is 1. The lowest BCUT2D eigenvalue weighted by atomic mass is 10.2. The number of carbonyl (C=O) groups is 1. The van der Waals surface area contributed by atoms with Gasteiger partial charge in [0.1, 0.15) is 5.82 Å². The smallest absolute Gasteiger partial charge is 0.291 e. The van der Waals surface area contributed by atoms with Gasteiger partial charge in [0.15, 0.2) is 0 Å². The standard InChI is InChI=1S/C19H29N7O2/c1-12-13(2)21-16(19(27)24(3)4)22-17(12)26-8-7-15(11-26)20-9-14-10-25(5)23-18(14)28-6/h10,15,20H,7-9,11H2,1-6H3/t15-/m1/s1. The molecule has 2 aromatic heterocycles. The fourth-order valence-corrected chi connectivity index (χ4v) is 3.40. The number of nitrogens with zero attached hydrogens (tertiary/aromatic N) is 6. The van der Waals surface area contributed by atoms with E-state index in [0.717, 1.165) is 42.1 Å². The van der Waals surface area contributed by atoms with Crippen molar-refractivity contribution in [2.45, 2.75) is 32.9 Å². The molecule has 9 heteroatoms. The molecule has 152 valence electrons. The quantitative estimate of drug-likeness (QED) is 0.788. The molecule has 0 bridgehead atoms. The third kappa shape index (κ3) is 4.09. The molecule has 1 saturated heterocycles. The summed E-state index contributed by atoms with van der Waals surface area (Å²) in [5.74, 6) is 1.57. The van der Waals surface area contributed by atoms with E-state index in [1.807, 2.05) is 27.1 Å². The van der Waals surface area contributed by atoms with E-state index in [1.54, 1.807) is 25.9 Å². The van der Waals surface area contributed by atoms with Gasteiger partial charge in [-0.15, -0.1) is 5.10 Å². The predicted molar refractivity (Wildman–Crippen MR) is 107 cm³/mol. The maximum atomic E-state index is 12.3. The van der Waals surface area contributed by atoms with Gasteiger partial charge in [-0.2, -0.15) is 0 Å². The Morgan fingerprint density at radius 3 is 2.79 bits per heavy atom. The maximum absolute atomic E-state index is 12.3. The molecule has 3 rings (SSSR count). The SMILES string of the molecule is COc1nn(C)cc1CN[C@@H]1CCN(c2nc(C(=O)N(C)C)nc(C)c2C)C1. The summed E-state index contributed by atoms with van der Waals surface area (Å²) in [7, 11) is 6.94. The Bertz CT molecular complexity index is 862. The second kappa shape index (κ2) is 8.14. The number of amides is 1. The number of ether oxygens (including phenoxy) is 1. The molecule has 0 aliphatic carbocycles. The van der Waals surface area contributed by atoms with Crippen LogP contribution in [-0.2, 0) is 13.6 Å². The molecule has 0 saturated carbocycles. The zero-order chi connectivity index (χ0) is 20.4. The average molecular weight is 387 g/mol. The van der Waals surface area contributed by atoms with Crippen molar-refractivity contribution in [1.29, 1.82) is 0 Å². The maximum Gasteiger partial charge on any atom is 0.291 e. The largest absolute Gasteiger partial charge is 0.480 e. The lowest BCUT2D eigenvalue weighted by Crippen LogP contribution is -2.33. The Kier molecular flexibility index (Phi) is 5.83. The van der Waals surface area contributed by atoms with Gasteiger partial charge in [0.05, 0.1) is 7.11 Å². The van der Waals surface area contributed by atoms with Gasteiger partial charge in [-0.25, -0.2) is 9.97 Å². The highest BCUT2D eigenvalue weighted by Crippen LogP contribution is 2.24. The molecule has 28 heavy (non-hydrogen) atoms. The van der Waals surface area contributed by atoms with Crippen LogP contribution in [0.15, 0.2) is 6.20 Å². The van der Waals surface area contributed by atoms with Crippen molar-refractivity contribution in [3.8, 4) is 5.88 Å². The number of rotatable bonds is 6. The van der Waals surface area contributed by atoms with Crippen molar-refractivity contribution < 1.29 is 9.53 Å². The van der Waals surface area contributed by atoms with Crippen molar-refractivity contribution in [3.05, 3.63) is 28.8 Å². The normalized spacial score (nSPS) is 16.5. The van der Waals surface area contributed by atoms with Crippen LogP contribution in [0.25, 0.3) is 0 Å². The molecule has 9 nitrogen and oxygen atoms in total. The molecule has 1 amide bonds. The second-order valence-electron chi connectivity index (χ2n) is 7.43. The van der Waals surface area contributed by atoms with E-state index in [9.17, 15) is 4.79 Å². The third-order valence-corrected chi connectivity index (χ3v) is 5.09. The zero-order valence-corrected chi connectivity index (χ0v) is 17.5. The van der Waals surface area contributed by atoms with Crippen LogP contribution in [0.3, 0.4) is 0 Å². The lowest BCUT2D eigenvalue weighted by Gasteiger charge is -2.22. The molecule has 0 aromatic carbocycles. The van der Waals surface area contributed by atoms with Crippen molar-refractivity contribution in [2.24, 2.45) is 7.05 Å². The van der Waals surface area contributed by atoms with Crippen LogP contribution >= 0.6 is 0 Å². The van der Waals surface area contributed by atoms with E-state index in [0.29, 0.717) is 18.5 Å². The topological polar surface area (TPSA) is 88.4 Å². The molecule has 2 aromatic rings. The highest BCUT2D eigenvalue weighted by molar-refractivity contribution is 5.90. The summed E-state index contributed by atoms with van der Waals surface area (Å²) in [6.07, 6.45) is 2.97. The zero-order valence-electron chi connectivity index (χ0n) is 17.5. The first-order chi connectivity index (χ1) is 13.3. The van der Waals surface area contributed by atoms with Gasteiger partial charge in [0.25, 0.3) is 5.91 Å². The molecule has 0 unspecified atom stereocenters. The Balaban J connectivity index is 1.70. The summed E-state index contributed by atoms with van der Waals surface area (Å²) < 4.78 is 7.08. The summed E-state index contributed by atoms with van der Waals surface area (Å²) in [5.41, 5.74) is 2.90. The van der Waals surface area contributed by atoms with Crippen LogP contribution in [-0.4, -0.2) is 70.9 Å². The molecule has 1 atom stereocenters. The van der Waals surface area contributed by atoms with Gasteiger partial charge in [-0.05, 0) is 20.3 Å². The highest BCUT2D eigenvalue weighted by atomic mass is 16.5. The van der Waals surface area contributed by atoms with Gasteiger partial charge >= 0.3 is 0 Å². The summed E-state index contributed by atoms with van der Waals surface area (Å²) in [4.78, 5) is 25.0. The lowest BCUT2D eigenvalue weighted by molar-refractivity contribution is 0.0815. The Labute approximate surface area is 165 Å². The number of carbonyl (C=O) groups excluding carboxylic acids is 1. The first-order valence-electron chi connectivity index (χ1n) is 9.41. The van der Waals surface area contributed by atoms with Crippen LogP contribution in [0.4, 0.5) is 5.82 Å². The van der Waals surface area contributed by atoms with Crippen LogP contribution in [0.1, 0.15) is 33.9 Å². The van der Waals surface area contributed by atoms with E-state index in [-0.39, 0.29) is 11.7 Å². The van der Waals surface area contributed by atoms with Crippen LogP contribution < -0.4 is 15.0 Å². The minimum absolute atomic E-state index is 0.179. The molecule has 1 aliphatic rings. The molecular formula is C19H29N7O2. The Morgan fingerprint density at radius 2 is 2.11 bits per heavy atom. The second-order valence-corrected chi connectivity index (χ2v) is 7.43. The van der Waals surface area contributed by atoms with E-state index >= 15 is 0 Å². The predicted octanol–water partition coefficient (Wildman–Crippen LogP) is 0.906. The van der Waals surface area contributed by atoms with Crippen LogP contribution in [0.2, 0.25) is 0 Å². The number of anilines is 1. The third-order valence-electron chi connectivity index (χ3n) is 5.09. The van der Waals surface area contributed by atoms with Gasteiger partial charge in [0.2, 0.25) is 11.7 Å². The first-order valence-corrected chi connectivity index (χ1v) is 9.41. The minimum Gasteiger partial charge on any atom is -0.480 e. The van der Waals surface area contributed by atoms with E-state index < -0.39 is 0 Å². The number of methoxy groups -OCH3 is 1. The number of hydrogen-bond donors (Lipinski definition) is 1. The van der Waals surface area contributed by atoms with Crippen molar-refractivity contribution in [3.63, 3.8) is 0 Å². The molecule has 1 aliphatic heterocycles. The number of hydrogen-bond acceptors (Lipinski definition) is 7. The van der Waals surface area contributed by atoms with Crippen molar-refractivity contribution in [1.82, 2.24) is 30.0 Å². The van der Waals surface area contributed by atoms with E-state index in [2.05, 4.69) is 25.3 Å². The Morgan fingerprint density at radius 1 is 1.36 bits per heavy atom. The summed E-state index contributed by atoms with van der Waals surface area (Å²) in [6.45, 7) is 6.34. The summed E-state index contributed by atoms with van der Waals surface area (Å²) >= 11 is 0. The van der Waals surface area contributed by atoms with Gasteiger partial charge in [-0.3, -0.25) is 9.48 Å². The minimum atomic E-state index is -0.179. The van der Waals surface area contributed by atoms with Crippen molar-refractivity contribution >= 4 is 11.7 Å². The molecule has 1 N–H and O–H groups in total. The average Bonchev–Trinajstić information content (AvgIpc) is 3.27. The van der Waals surface area contributed by atoms with Gasteiger partial charge in [-0.1, -0.05) is 0 Å². The van der Waals surface area contributed by atoms with Crippen molar-refractivity contribution in [2.75, 3.05) is 39.2 Å². The van der Waals surface area contributed by atoms with Gasteiger partial charge < -0.3 is 19.9 Å². The summed E-state index contributed by atoms with van der Waals surface area (Å²) in [5, 5.41) is 7.87. The highest BCUT2D eigenvalue weighted by Gasteiger charge is 2.27. The molecule has 0 radical (unpaired) electrons. The van der Waals surface area contributed by atoms with Crippen LogP contribution in [0.5, 0.6) is 5.88 Å². The van der Waals surface area contributed by atoms with E-state index in [4.69, 9.17) is 4.74 Å². The first kappa shape index (κ1) is 20.1. The number of aromatic nitrogens is 4. The molecule has 0 spiro atoms. The van der Waals surface area contributed by atoms with Gasteiger partial charge in [0, 0.05) is 69.8 Å². The number of aryl methyl sites for hydroxylation is 2.